The molecule has 0 aliphatic heterocycles. The number of fused-ring (bicyclic) bond motifs is 1. The van der Waals surface area contributed by atoms with Crippen molar-refractivity contribution >= 4 is 5.91 Å². The van der Waals surface area contributed by atoms with Gasteiger partial charge in [0.1, 0.15) is 0 Å². The van der Waals surface area contributed by atoms with Gasteiger partial charge >= 0.3 is 0 Å². The Bertz CT molecular complexity index is 440. The highest BCUT2D eigenvalue weighted by Gasteiger charge is 2.18. The van der Waals surface area contributed by atoms with E-state index in [1.807, 2.05) is 12.2 Å². The standard InChI is InChI=1S/C15H19NO2/c17-15(16-18)11-4-2-7-13-9-5-8-12-6-1-3-10-14(12)13/h1-4,6,10,13,18H,5,7-9,11H2,(H,16,17). The molecule has 1 aromatic rings. The highest BCUT2D eigenvalue weighted by Crippen LogP contribution is 2.33. The smallest absolute Gasteiger partial charge is 0.247 e. The maximum Gasteiger partial charge on any atom is 0.247 e. The minimum absolute atomic E-state index is 0.241. The summed E-state index contributed by atoms with van der Waals surface area (Å²) in [6, 6.07) is 8.63. The number of rotatable bonds is 4. The summed E-state index contributed by atoms with van der Waals surface area (Å²) in [7, 11) is 0. The number of amides is 1. The molecule has 3 heteroatoms. The van der Waals surface area contributed by atoms with Crippen LogP contribution in [0.1, 0.15) is 42.7 Å². The first-order valence-electron chi connectivity index (χ1n) is 6.47. The van der Waals surface area contributed by atoms with Crippen LogP contribution < -0.4 is 5.48 Å². The van der Waals surface area contributed by atoms with Crippen molar-refractivity contribution in [2.24, 2.45) is 0 Å². The lowest BCUT2D eigenvalue weighted by Crippen LogP contribution is -2.16. The predicted molar refractivity (Wildman–Crippen MR) is 70.4 cm³/mol. The fourth-order valence-electron chi connectivity index (χ4n) is 2.60. The third-order valence-electron chi connectivity index (χ3n) is 3.51. The summed E-state index contributed by atoms with van der Waals surface area (Å²) in [4.78, 5) is 10.8. The molecule has 0 saturated heterocycles. The lowest BCUT2D eigenvalue weighted by Gasteiger charge is -2.24. The van der Waals surface area contributed by atoms with E-state index >= 15 is 0 Å². The van der Waals surface area contributed by atoms with Crippen LogP contribution in [-0.2, 0) is 11.2 Å². The third kappa shape index (κ3) is 3.20. The van der Waals surface area contributed by atoms with Crippen LogP contribution in [0.2, 0.25) is 0 Å². The molecule has 0 fully saturated rings. The molecule has 1 atom stereocenters. The normalized spacial score (nSPS) is 18.6. The van der Waals surface area contributed by atoms with Gasteiger partial charge in [0.05, 0.1) is 0 Å². The highest BCUT2D eigenvalue weighted by molar-refractivity contribution is 5.76. The molecule has 0 heterocycles. The summed E-state index contributed by atoms with van der Waals surface area (Å²) in [5.74, 6) is 0.207. The molecule has 3 nitrogen and oxygen atoms in total. The Morgan fingerprint density at radius 2 is 2.22 bits per heavy atom. The number of carbonyl (C=O) groups excluding carboxylic acids is 1. The lowest BCUT2D eigenvalue weighted by molar-refractivity contribution is -0.128. The molecule has 18 heavy (non-hydrogen) atoms. The van der Waals surface area contributed by atoms with Gasteiger partial charge in [0, 0.05) is 6.42 Å². The molecule has 0 spiro atoms. The van der Waals surface area contributed by atoms with Crippen LogP contribution in [0.5, 0.6) is 0 Å². The molecule has 1 aliphatic carbocycles. The van der Waals surface area contributed by atoms with Crippen molar-refractivity contribution in [1.29, 1.82) is 0 Å². The first kappa shape index (κ1) is 12.8. The van der Waals surface area contributed by atoms with Gasteiger partial charge in [-0.3, -0.25) is 10.0 Å². The number of hydrogen-bond acceptors (Lipinski definition) is 2. The molecular weight excluding hydrogens is 226 g/mol. The molecule has 96 valence electrons. The second-order valence-corrected chi connectivity index (χ2v) is 4.73. The Morgan fingerprint density at radius 1 is 1.39 bits per heavy atom. The molecule has 0 bridgehead atoms. The molecule has 2 rings (SSSR count). The summed E-state index contributed by atoms with van der Waals surface area (Å²) in [5, 5.41) is 8.38. The quantitative estimate of drug-likeness (QED) is 0.487. The van der Waals surface area contributed by atoms with E-state index in [1.165, 1.54) is 30.4 Å². The average Bonchev–Trinajstić information content (AvgIpc) is 2.43. The first-order chi connectivity index (χ1) is 8.81. The van der Waals surface area contributed by atoms with E-state index < -0.39 is 0 Å². The second kappa shape index (κ2) is 6.36. The predicted octanol–water partition coefficient (Wildman–Crippen LogP) is 2.95. The molecule has 1 aliphatic rings. The van der Waals surface area contributed by atoms with Crippen molar-refractivity contribution in [1.82, 2.24) is 5.48 Å². The van der Waals surface area contributed by atoms with Gasteiger partial charge in [0.15, 0.2) is 0 Å². The van der Waals surface area contributed by atoms with Gasteiger partial charge in [0.2, 0.25) is 5.91 Å². The fourth-order valence-corrected chi connectivity index (χ4v) is 2.60. The van der Waals surface area contributed by atoms with Gasteiger partial charge in [-0.15, -0.1) is 0 Å². The van der Waals surface area contributed by atoms with Crippen LogP contribution in [0.15, 0.2) is 36.4 Å². The van der Waals surface area contributed by atoms with Gasteiger partial charge in [-0.2, -0.15) is 0 Å². The van der Waals surface area contributed by atoms with Crippen LogP contribution in [0.25, 0.3) is 0 Å². The second-order valence-electron chi connectivity index (χ2n) is 4.73. The molecular formula is C15H19NO2. The maximum absolute atomic E-state index is 10.8. The Labute approximate surface area is 107 Å². The van der Waals surface area contributed by atoms with Gasteiger partial charge in [0.25, 0.3) is 0 Å². The monoisotopic (exact) mass is 245 g/mol. The molecule has 1 aromatic carbocycles. The summed E-state index contributed by atoms with van der Waals surface area (Å²) < 4.78 is 0. The maximum atomic E-state index is 10.8. The summed E-state index contributed by atoms with van der Waals surface area (Å²) in [6.07, 6.45) is 8.72. The topological polar surface area (TPSA) is 49.3 Å². The first-order valence-corrected chi connectivity index (χ1v) is 6.47. The minimum Gasteiger partial charge on any atom is -0.289 e. The minimum atomic E-state index is -0.365. The van der Waals surface area contributed by atoms with Crippen molar-refractivity contribution in [3.05, 3.63) is 47.5 Å². The van der Waals surface area contributed by atoms with Gasteiger partial charge in [-0.1, -0.05) is 36.4 Å². The van der Waals surface area contributed by atoms with Crippen molar-refractivity contribution < 1.29 is 10.0 Å². The van der Waals surface area contributed by atoms with E-state index in [2.05, 4.69) is 24.3 Å². The van der Waals surface area contributed by atoms with Crippen LogP contribution in [-0.4, -0.2) is 11.1 Å². The average molecular weight is 245 g/mol. The lowest BCUT2D eigenvalue weighted by atomic mass is 9.81. The molecule has 0 saturated carbocycles. The number of hydroxylamine groups is 1. The largest absolute Gasteiger partial charge is 0.289 e. The number of nitrogens with one attached hydrogen (secondary N) is 1. The van der Waals surface area contributed by atoms with Crippen LogP contribution in [0.3, 0.4) is 0 Å². The summed E-state index contributed by atoms with van der Waals surface area (Å²) in [6.45, 7) is 0. The van der Waals surface area contributed by atoms with Crippen LogP contribution in [0.4, 0.5) is 0 Å². The van der Waals surface area contributed by atoms with E-state index in [0.717, 1.165) is 6.42 Å². The van der Waals surface area contributed by atoms with E-state index in [-0.39, 0.29) is 12.3 Å². The molecule has 1 amide bonds. The van der Waals surface area contributed by atoms with E-state index in [0.29, 0.717) is 5.92 Å². The third-order valence-corrected chi connectivity index (χ3v) is 3.51. The van der Waals surface area contributed by atoms with Crippen LogP contribution in [0, 0.1) is 0 Å². The van der Waals surface area contributed by atoms with Crippen LogP contribution >= 0.6 is 0 Å². The van der Waals surface area contributed by atoms with Crippen molar-refractivity contribution in [2.75, 3.05) is 0 Å². The number of hydrogen-bond donors (Lipinski definition) is 2. The van der Waals surface area contributed by atoms with Gasteiger partial charge in [-0.05, 0) is 42.7 Å². The molecule has 2 N–H and O–H groups in total. The summed E-state index contributed by atoms with van der Waals surface area (Å²) in [5.41, 5.74) is 4.56. The Balaban J connectivity index is 1.93. The number of allylic oxidation sites excluding steroid dienone is 1. The van der Waals surface area contributed by atoms with Crippen molar-refractivity contribution in [3.8, 4) is 0 Å². The number of benzene rings is 1. The van der Waals surface area contributed by atoms with E-state index in [1.54, 1.807) is 5.48 Å². The zero-order valence-electron chi connectivity index (χ0n) is 10.4. The van der Waals surface area contributed by atoms with Crippen molar-refractivity contribution in [2.45, 2.75) is 38.0 Å². The van der Waals surface area contributed by atoms with Gasteiger partial charge in [-0.25, -0.2) is 5.48 Å². The Kier molecular flexibility index (Phi) is 4.53. The number of carbonyl (C=O) groups is 1. The molecule has 0 aromatic heterocycles. The molecule has 0 radical (unpaired) electrons. The highest BCUT2D eigenvalue weighted by atomic mass is 16.5. The SMILES string of the molecule is O=C(CC=CCC1CCCc2ccccc21)NO. The summed E-state index contributed by atoms with van der Waals surface area (Å²) >= 11 is 0. The van der Waals surface area contributed by atoms with Gasteiger partial charge < -0.3 is 0 Å². The van der Waals surface area contributed by atoms with E-state index in [4.69, 9.17) is 5.21 Å². The zero-order valence-corrected chi connectivity index (χ0v) is 10.4. The Hall–Kier alpha value is -1.61. The van der Waals surface area contributed by atoms with Crippen molar-refractivity contribution in [3.63, 3.8) is 0 Å². The number of aryl methyl sites for hydroxylation is 1. The Morgan fingerprint density at radius 3 is 3.06 bits per heavy atom. The molecule has 1 unspecified atom stereocenters. The van der Waals surface area contributed by atoms with E-state index in [9.17, 15) is 4.79 Å². The zero-order chi connectivity index (χ0) is 12.8. The fraction of sp³-hybridized carbons (Fsp3) is 0.400.